The summed E-state index contributed by atoms with van der Waals surface area (Å²) in [4.78, 5) is 27.4. The fourth-order valence-electron chi connectivity index (χ4n) is 2.92. The van der Waals surface area contributed by atoms with Gasteiger partial charge in [-0.05, 0) is 36.2 Å². The molecule has 3 rings (SSSR count). The number of hydrogen-bond donors (Lipinski definition) is 1. The second kappa shape index (κ2) is 8.97. The predicted octanol–water partition coefficient (Wildman–Crippen LogP) is 4.87. The van der Waals surface area contributed by atoms with Gasteiger partial charge in [0.05, 0.1) is 29.5 Å². The first-order chi connectivity index (χ1) is 14.0. The molecule has 0 saturated carbocycles. The van der Waals surface area contributed by atoms with Crippen molar-refractivity contribution in [3.05, 3.63) is 82.0 Å². The van der Waals surface area contributed by atoms with Gasteiger partial charge in [0, 0.05) is 23.4 Å². The van der Waals surface area contributed by atoms with Crippen molar-refractivity contribution in [2.24, 2.45) is 0 Å². The van der Waals surface area contributed by atoms with E-state index in [4.69, 9.17) is 4.74 Å². The van der Waals surface area contributed by atoms with E-state index in [0.29, 0.717) is 11.3 Å². The van der Waals surface area contributed by atoms with E-state index in [2.05, 4.69) is 23.3 Å². The maximum atomic E-state index is 12.5. The molecule has 7 nitrogen and oxygen atoms in total. The third-order valence-electron chi connectivity index (χ3n) is 4.45. The van der Waals surface area contributed by atoms with Gasteiger partial charge < -0.3 is 10.1 Å². The Bertz CT molecular complexity index is 1020. The Balaban J connectivity index is 1.74. The van der Waals surface area contributed by atoms with Crippen molar-refractivity contribution < 1.29 is 14.5 Å². The van der Waals surface area contributed by atoms with Gasteiger partial charge in [-0.15, -0.1) is 0 Å². The number of nitrogens with zero attached hydrogens (tertiary/aromatic N) is 2. The number of ether oxygens (including phenoxy) is 1. The lowest BCUT2D eigenvalue weighted by Crippen LogP contribution is -2.12. The van der Waals surface area contributed by atoms with Crippen LogP contribution in [0.4, 0.5) is 11.4 Å². The molecule has 0 spiro atoms. The number of non-ortho nitro benzene ring substituents is 1. The quantitative estimate of drug-likeness (QED) is 0.458. The zero-order valence-electron chi connectivity index (χ0n) is 16.2. The number of nitro benzene ring substituents is 1. The molecule has 0 radical (unpaired) electrons. The van der Waals surface area contributed by atoms with Gasteiger partial charge in [-0.25, -0.2) is 0 Å². The van der Waals surface area contributed by atoms with Crippen LogP contribution in [-0.4, -0.2) is 22.9 Å². The Morgan fingerprint density at radius 3 is 2.48 bits per heavy atom. The molecule has 1 heterocycles. The summed E-state index contributed by atoms with van der Waals surface area (Å²) >= 11 is 0. The molecule has 0 aliphatic heterocycles. The number of benzene rings is 2. The maximum Gasteiger partial charge on any atom is 0.273 e. The maximum absolute atomic E-state index is 12.5. The standard InChI is InChI=1S/C22H21N3O4/c1-3-4-15-5-11-19(23-14-15)16-6-8-17(9-7-16)22(26)24-20-12-10-18(25(27)28)13-21(20)29-2/h5-14H,3-4H2,1-2H3,(H,24,26). The smallest absolute Gasteiger partial charge is 0.273 e. The van der Waals surface area contributed by atoms with Gasteiger partial charge in [0.15, 0.2) is 0 Å². The summed E-state index contributed by atoms with van der Waals surface area (Å²) in [5.74, 6) is -0.115. The average molecular weight is 391 g/mol. The first-order valence-electron chi connectivity index (χ1n) is 9.21. The SMILES string of the molecule is CCCc1ccc(-c2ccc(C(=O)Nc3ccc([N+](=O)[O-])cc3OC)cc2)nc1. The number of aromatic nitrogens is 1. The summed E-state index contributed by atoms with van der Waals surface area (Å²) in [5, 5.41) is 13.6. The fourth-order valence-corrected chi connectivity index (χ4v) is 2.92. The molecule has 7 heteroatoms. The average Bonchev–Trinajstić information content (AvgIpc) is 2.74. The third-order valence-corrected chi connectivity index (χ3v) is 4.45. The lowest BCUT2D eigenvalue weighted by atomic mass is 10.1. The highest BCUT2D eigenvalue weighted by molar-refractivity contribution is 6.05. The number of rotatable bonds is 7. The van der Waals surface area contributed by atoms with E-state index >= 15 is 0 Å². The molecule has 0 saturated heterocycles. The predicted molar refractivity (Wildman–Crippen MR) is 111 cm³/mol. The zero-order chi connectivity index (χ0) is 20.8. The Morgan fingerprint density at radius 2 is 1.90 bits per heavy atom. The Labute approximate surface area is 168 Å². The number of aryl methyl sites for hydroxylation is 1. The molecule has 1 aromatic heterocycles. The molecule has 29 heavy (non-hydrogen) atoms. The molecule has 3 aromatic rings. The second-order valence-corrected chi connectivity index (χ2v) is 6.47. The van der Waals surface area contributed by atoms with Crippen molar-refractivity contribution in [3.63, 3.8) is 0 Å². The number of nitrogens with one attached hydrogen (secondary N) is 1. The minimum absolute atomic E-state index is 0.110. The van der Waals surface area contributed by atoms with E-state index in [0.717, 1.165) is 24.1 Å². The highest BCUT2D eigenvalue weighted by Gasteiger charge is 2.14. The van der Waals surface area contributed by atoms with Gasteiger partial charge in [0.2, 0.25) is 0 Å². The largest absolute Gasteiger partial charge is 0.494 e. The van der Waals surface area contributed by atoms with Crippen molar-refractivity contribution in [1.29, 1.82) is 0 Å². The van der Waals surface area contributed by atoms with Gasteiger partial charge >= 0.3 is 0 Å². The molecule has 148 valence electrons. The molecule has 0 fully saturated rings. The van der Waals surface area contributed by atoms with Crippen LogP contribution in [0.25, 0.3) is 11.3 Å². The molecule has 0 aliphatic rings. The molecule has 1 amide bonds. The Morgan fingerprint density at radius 1 is 1.14 bits per heavy atom. The molecule has 2 aromatic carbocycles. The summed E-state index contributed by atoms with van der Waals surface area (Å²) in [6.07, 6.45) is 3.95. The van der Waals surface area contributed by atoms with Crippen LogP contribution in [0.3, 0.4) is 0 Å². The number of amides is 1. The number of nitro groups is 1. The van der Waals surface area contributed by atoms with E-state index in [1.807, 2.05) is 24.4 Å². The number of methoxy groups -OCH3 is 1. The van der Waals surface area contributed by atoms with Crippen LogP contribution in [0.15, 0.2) is 60.8 Å². The number of pyridine rings is 1. The molecular weight excluding hydrogens is 370 g/mol. The van der Waals surface area contributed by atoms with Crippen LogP contribution in [0.2, 0.25) is 0 Å². The fraction of sp³-hybridized carbons (Fsp3) is 0.182. The third kappa shape index (κ3) is 4.76. The monoisotopic (exact) mass is 391 g/mol. The first-order valence-corrected chi connectivity index (χ1v) is 9.21. The van der Waals surface area contributed by atoms with E-state index < -0.39 is 4.92 Å². The van der Waals surface area contributed by atoms with Crippen molar-refractivity contribution in [2.45, 2.75) is 19.8 Å². The molecular formula is C22H21N3O4. The molecule has 0 bridgehead atoms. The number of hydrogen-bond acceptors (Lipinski definition) is 5. The topological polar surface area (TPSA) is 94.4 Å². The van der Waals surface area contributed by atoms with Crippen molar-refractivity contribution >= 4 is 17.3 Å². The van der Waals surface area contributed by atoms with Crippen molar-refractivity contribution in [3.8, 4) is 17.0 Å². The normalized spacial score (nSPS) is 10.4. The number of carbonyl (C=O) groups is 1. The Hall–Kier alpha value is -3.74. The van der Waals surface area contributed by atoms with Crippen LogP contribution in [0, 0.1) is 10.1 Å². The van der Waals surface area contributed by atoms with Gasteiger partial charge in [-0.2, -0.15) is 0 Å². The summed E-state index contributed by atoms with van der Waals surface area (Å²) in [6.45, 7) is 2.13. The molecule has 0 unspecified atom stereocenters. The van der Waals surface area contributed by atoms with Crippen LogP contribution in [0.5, 0.6) is 5.75 Å². The van der Waals surface area contributed by atoms with Crippen LogP contribution in [-0.2, 0) is 6.42 Å². The molecule has 0 atom stereocenters. The molecule has 1 N–H and O–H groups in total. The number of carbonyl (C=O) groups excluding carboxylic acids is 1. The lowest BCUT2D eigenvalue weighted by Gasteiger charge is -2.10. The van der Waals surface area contributed by atoms with Crippen molar-refractivity contribution in [1.82, 2.24) is 4.98 Å². The minimum atomic E-state index is -0.518. The van der Waals surface area contributed by atoms with Gasteiger partial charge in [-0.3, -0.25) is 19.9 Å². The van der Waals surface area contributed by atoms with Crippen LogP contribution in [0.1, 0.15) is 29.3 Å². The van der Waals surface area contributed by atoms with Crippen molar-refractivity contribution in [2.75, 3.05) is 12.4 Å². The highest BCUT2D eigenvalue weighted by Crippen LogP contribution is 2.29. The second-order valence-electron chi connectivity index (χ2n) is 6.47. The van der Waals surface area contributed by atoms with E-state index in [1.165, 1.54) is 30.9 Å². The number of anilines is 1. The summed E-state index contributed by atoms with van der Waals surface area (Å²) in [6, 6.07) is 15.2. The Kier molecular flexibility index (Phi) is 6.19. The highest BCUT2D eigenvalue weighted by atomic mass is 16.6. The van der Waals surface area contributed by atoms with E-state index in [-0.39, 0.29) is 17.3 Å². The minimum Gasteiger partial charge on any atom is -0.494 e. The van der Waals surface area contributed by atoms with Gasteiger partial charge in [0.1, 0.15) is 5.75 Å². The summed E-state index contributed by atoms with van der Waals surface area (Å²) < 4.78 is 5.15. The first kappa shape index (κ1) is 20.0. The summed E-state index contributed by atoms with van der Waals surface area (Å²) in [5.41, 5.74) is 3.66. The van der Waals surface area contributed by atoms with Crippen LogP contribution < -0.4 is 10.1 Å². The van der Waals surface area contributed by atoms with E-state index in [9.17, 15) is 14.9 Å². The van der Waals surface area contributed by atoms with Gasteiger partial charge in [0.25, 0.3) is 11.6 Å². The van der Waals surface area contributed by atoms with E-state index in [1.54, 1.807) is 12.1 Å². The lowest BCUT2D eigenvalue weighted by molar-refractivity contribution is -0.384. The summed E-state index contributed by atoms with van der Waals surface area (Å²) in [7, 11) is 1.39. The zero-order valence-corrected chi connectivity index (χ0v) is 16.2. The van der Waals surface area contributed by atoms with Crippen LogP contribution >= 0.6 is 0 Å². The molecule has 0 aliphatic carbocycles. The van der Waals surface area contributed by atoms with Gasteiger partial charge in [-0.1, -0.05) is 31.5 Å².